The fraction of sp³-hybridized carbons (Fsp3) is 0.857. The number of carbonyl (C=O) groups excluding carboxylic acids is 1. The van der Waals surface area contributed by atoms with E-state index in [0.717, 1.165) is 31.1 Å². The van der Waals surface area contributed by atoms with Gasteiger partial charge in [-0.3, -0.25) is 4.79 Å². The molecule has 1 unspecified atom stereocenters. The maximum Gasteiger partial charge on any atom is 0.190 e. The normalized spacial score (nSPS) is 53.2. The van der Waals surface area contributed by atoms with E-state index in [0.29, 0.717) is 23.7 Å². The molecule has 0 spiro atoms. The Balaban J connectivity index is 1.67. The Morgan fingerprint density at radius 3 is 2.58 bits per heavy atom. The number of hydrogen-bond donors (Lipinski definition) is 2. The molecule has 0 saturated heterocycles. The standard InChI is InChI=1S/C21H32O3/c1-19-10-4-3-5-14(19)6-7-15-16(19)8-11-20(2)17(15)9-12-21(20,24)18(23)13-22/h3-4,14-17,22,24H,5-13H2,1-2H3/t14?,15-,16+,17+,19+,20+,21+/m1/s1. The third-order valence-electron chi connectivity index (χ3n) is 8.97. The summed E-state index contributed by atoms with van der Waals surface area (Å²) < 4.78 is 0. The van der Waals surface area contributed by atoms with Crippen LogP contribution in [0.25, 0.3) is 0 Å². The van der Waals surface area contributed by atoms with Crippen LogP contribution in [0.5, 0.6) is 0 Å². The first-order valence-corrected chi connectivity index (χ1v) is 9.88. The van der Waals surface area contributed by atoms with Gasteiger partial charge < -0.3 is 10.2 Å². The van der Waals surface area contributed by atoms with E-state index in [4.69, 9.17) is 0 Å². The van der Waals surface area contributed by atoms with Gasteiger partial charge in [0.25, 0.3) is 0 Å². The molecule has 134 valence electrons. The molecule has 0 aromatic rings. The molecule has 3 fully saturated rings. The van der Waals surface area contributed by atoms with E-state index < -0.39 is 12.2 Å². The molecule has 4 aliphatic carbocycles. The van der Waals surface area contributed by atoms with E-state index in [2.05, 4.69) is 26.0 Å². The van der Waals surface area contributed by atoms with Crippen molar-refractivity contribution in [1.82, 2.24) is 0 Å². The number of Topliss-reactive ketones (excluding diaryl/α,β-unsaturated/α-hetero) is 1. The van der Waals surface area contributed by atoms with Crippen LogP contribution in [-0.2, 0) is 4.79 Å². The van der Waals surface area contributed by atoms with Crippen molar-refractivity contribution in [3.05, 3.63) is 12.2 Å². The molecule has 0 radical (unpaired) electrons. The highest BCUT2D eigenvalue weighted by atomic mass is 16.3. The average Bonchev–Trinajstić information content (AvgIpc) is 2.86. The molecule has 0 aromatic carbocycles. The first-order chi connectivity index (χ1) is 11.4. The number of hydrogen-bond acceptors (Lipinski definition) is 3. The lowest BCUT2D eigenvalue weighted by Crippen LogP contribution is -2.58. The molecule has 0 heterocycles. The summed E-state index contributed by atoms with van der Waals surface area (Å²) in [7, 11) is 0. The van der Waals surface area contributed by atoms with Crippen molar-refractivity contribution in [3.63, 3.8) is 0 Å². The van der Waals surface area contributed by atoms with Gasteiger partial charge in [-0.05, 0) is 80.5 Å². The summed E-state index contributed by atoms with van der Waals surface area (Å²) >= 11 is 0. The third kappa shape index (κ3) is 1.94. The molecule has 24 heavy (non-hydrogen) atoms. The van der Waals surface area contributed by atoms with Gasteiger partial charge in [0.05, 0.1) is 0 Å². The van der Waals surface area contributed by atoms with Gasteiger partial charge in [0, 0.05) is 5.41 Å². The number of aliphatic hydroxyl groups excluding tert-OH is 1. The SMILES string of the molecule is C[C@]12CC=CCC1CC[C@@H]1[C@@H]2CC[C@@]2(C)[C@H]1CC[C@]2(O)C(=O)CO. The molecule has 3 heteroatoms. The fourth-order valence-electron chi connectivity index (χ4n) is 7.44. The third-order valence-corrected chi connectivity index (χ3v) is 8.97. The van der Waals surface area contributed by atoms with Crippen molar-refractivity contribution < 1.29 is 15.0 Å². The lowest BCUT2D eigenvalue weighted by atomic mass is 9.45. The van der Waals surface area contributed by atoms with Crippen LogP contribution in [0, 0.1) is 34.5 Å². The molecule has 7 atom stereocenters. The summed E-state index contributed by atoms with van der Waals surface area (Å²) in [5.41, 5.74) is -1.25. The largest absolute Gasteiger partial charge is 0.388 e. The molecule has 4 rings (SSSR count). The lowest BCUT2D eigenvalue weighted by molar-refractivity contribution is -0.169. The summed E-state index contributed by atoms with van der Waals surface area (Å²) in [5.74, 6) is 2.25. The molecule has 4 aliphatic rings. The maximum atomic E-state index is 12.3. The van der Waals surface area contributed by atoms with Crippen LogP contribution < -0.4 is 0 Å². The van der Waals surface area contributed by atoms with Crippen molar-refractivity contribution in [2.75, 3.05) is 6.61 Å². The van der Waals surface area contributed by atoms with Crippen LogP contribution in [-0.4, -0.2) is 28.2 Å². The van der Waals surface area contributed by atoms with Crippen LogP contribution >= 0.6 is 0 Å². The highest BCUT2D eigenvalue weighted by Crippen LogP contribution is 2.67. The zero-order valence-electron chi connectivity index (χ0n) is 15.1. The molecule has 0 aromatic heterocycles. The second-order valence-electron chi connectivity index (χ2n) is 9.50. The summed E-state index contributed by atoms with van der Waals surface area (Å²) in [4.78, 5) is 12.3. The predicted octanol–water partition coefficient (Wildman–Crippen LogP) is 3.49. The molecular formula is C21H32O3. The van der Waals surface area contributed by atoms with Crippen molar-refractivity contribution in [2.45, 2.75) is 70.8 Å². The van der Waals surface area contributed by atoms with E-state index in [1.54, 1.807) is 0 Å². The number of ketones is 1. The van der Waals surface area contributed by atoms with E-state index in [1.807, 2.05) is 0 Å². The number of allylic oxidation sites excluding steroid dienone is 2. The molecular weight excluding hydrogens is 300 g/mol. The Morgan fingerprint density at radius 1 is 1.08 bits per heavy atom. The number of rotatable bonds is 2. The van der Waals surface area contributed by atoms with Crippen LogP contribution in [0.4, 0.5) is 0 Å². The van der Waals surface area contributed by atoms with E-state index in [9.17, 15) is 15.0 Å². The number of carbonyl (C=O) groups is 1. The monoisotopic (exact) mass is 332 g/mol. The number of aliphatic hydroxyl groups is 2. The predicted molar refractivity (Wildman–Crippen MR) is 93.3 cm³/mol. The summed E-state index contributed by atoms with van der Waals surface area (Å²) in [5, 5.41) is 20.6. The second-order valence-corrected chi connectivity index (χ2v) is 9.50. The Labute approximate surface area is 145 Å². The summed E-state index contributed by atoms with van der Waals surface area (Å²) in [6, 6.07) is 0. The minimum atomic E-state index is -1.30. The first kappa shape index (κ1) is 16.8. The van der Waals surface area contributed by atoms with E-state index in [-0.39, 0.29) is 11.2 Å². The van der Waals surface area contributed by atoms with Gasteiger partial charge in [-0.1, -0.05) is 26.0 Å². The Bertz CT molecular complexity index is 569. The summed E-state index contributed by atoms with van der Waals surface area (Å²) in [6.45, 7) is 4.10. The first-order valence-electron chi connectivity index (χ1n) is 9.88. The highest BCUT2D eigenvalue weighted by Gasteiger charge is 2.66. The van der Waals surface area contributed by atoms with Crippen LogP contribution in [0.1, 0.15) is 65.2 Å². The van der Waals surface area contributed by atoms with Gasteiger partial charge in [-0.15, -0.1) is 0 Å². The van der Waals surface area contributed by atoms with Gasteiger partial charge in [-0.2, -0.15) is 0 Å². The Kier molecular flexibility index (Phi) is 3.78. The quantitative estimate of drug-likeness (QED) is 0.761. The van der Waals surface area contributed by atoms with Crippen molar-refractivity contribution in [3.8, 4) is 0 Å². The topological polar surface area (TPSA) is 57.5 Å². The average molecular weight is 332 g/mol. The van der Waals surface area contributed by atoms with E-state index in [1.165, 1.54) is 25.7 Å². The molecule has 0 aliphatic heterocycles. The fourth-order valence-corrected chi connectivity index (χ4v) is 7.44. The molecule has 3 saturated carbocycles. The van der Waals surface area contributed by atoms with Crippen LogP contribution in [0.3, 0.4) is 0 Å². The zero-order chi connectivity index (χ0) is 17.2. The molecule has 2 N–H and O–H groups in total. The molecule has 0 amide bonds. The van der Waals surface area contributed by atoms with Gasteiger partial charge in [0.1, 0.15) is 12.2 Å². The maximum absolute atomic E-state index is 12.3. The second kappa shape index (κ2) is 5.41. The molecule has 0 bridgehead atoms. The molecule has 3 nitrogen and oxygen atoms in total. The van der Waals surface area contributed by atoms with Crippen molar-refractivity contribution in [1.29, 1.82) is 0 Å². The van der Waals surface area contributed by atoms with Gasteiger partial charge in [0.2, 0.25) is 0 Å². The number of fused-ring (bicyclic) bond motifs is 5. The lowest BCUT2D eigenvalue weighted by Gasteiger charge is -2.60. The zero-order valence-corrected chi connectivity index (χ0v) is 15.1. The van der Waals surface area contributed by atoms with Crippen molar-refractivity contribution in [2.24, 2.45) is 34.5 Å². The van der Waals surface area contributed by atoms with Gasteiger partial charge in [0.15, 0.2) is 5.78 Å². The minimum absolute atomic E-state index is 0.346. The summed E-state index contributed by atoms with van der Waals surface area (Å²) in [6.07, 6.45) is 13.3. The Hall–Kier alpha value is -0.670. The smallest absolute Gasteiger partial charge is 0.190 e. The van der Waals surface area contributed by atoms with Gasteiger partial charge >= 0.3 is 0 Å². The minimum Gasteiger partial charge on any atom is -0.388 e. The van der Waals surface area contributed by atoms with Crippen molar-refractivity contribution >= 4 is 5.78 Å². The van der Waals surface area contributed by atoms with Crippen LogP contribution in [0.15, 0.2) is 12.2 Å². The highest BCUT2D eigenvalue weighted by molar-refractivity contribution is 5.89. The van der Waals surface area contributed by atoms with Crippen LogP contribution in [0.2, 0.25) is 0 Å². The Morgan fingerprint density at radius 2 is 1.83 bits per heavy atom. The van der Waals surface area contributed by atoms with E-state index >= 15 is 0 Å². The van der Waals surface area contributed by atoms with Gasteiger partial charge in [-0.25, -0.2) is 0 Å².